The van der Waals surface area contributed by atoms with Crippen LogP contribution in [0.25, 0.3) is 0 Å². The Morgan fingerprint density at radius 2 is 2.23 bits per heavy atom. The van der Waals surface area contributed by atoms with Crippen LogP contribution in [0, 0.1) is 12.3 Å². The molecule has 2 unspecified atom stereocenters. The monoisotopic (exact) mass is 309 g/mol. The Balaban J connectivity index is 2.41. The summed E-state index contributed by atoms with van der Waals surface area (Å²) in [7, 11) is 1.15. The van der Waals surface area contributed by atoms with Crippen LogP contribution in [0.1, 0.15) is 18.7 Å². The Hall–Kier alpha value is -2.41. The molecule has 3 N–H and O–H groups in total. The number of hydrogen-bond donors (Lipinski definition) is 3. The topological polar surface area (TPSA) is 123 Å². The molecule has 9 nitrogen and oxygen atoms in total. The van der Waals surface area contributed by atoms with Crippen LogP contribution in [0.2, 0.25) is 0 Å². The Morgan fingerprint density at radius 3 is 2.73 bits per heavy atom. The highest BCUT2D eigenvalue weighted by atomic mass is 16.6. The van der Waals surface area contributed by atoms with Crippen LogP contribution in [0.4, 0.5) is 10.6 Å². The van der Waals surface area contributed by atoms with E-state index >= 15 is 0 Å². The van der Waals surface area contributed by atoms with E-state index in [1.807, 2.05) is 0 Å². The summed E-state index contributed by atoms with van der Waals surface area (Å²) in [5.41, 5.74) is -0.717. The standard InChI is InChI=1S/C13H15N3O6/c1-4-7-5-16(11-9(18)8(17)6(2)22-11)12(19)14-10(7)15-13(20)21-3/h1,5-6,8-9,11,17-18H,2-3H3,(H,14,15,19,20)/t6-,8?,9?,11-/m1/s1. The SMILES string of the molecule is C#Cc1cn([C@@H]2O[C@H](C)C(O)C2O)c(=O)nc1NC(=O)OC. The molecule has 2 rings (SSSR count). The Bertz CT molecular complexity index is 679. The van der Waals surface area contributed by atoms with Crippen molar-refractivity contribution >= 4 is 11.9 Å². The zero-order valence-corrected chi connectivity index (χ0v) is 11.9. The summed E-state index contributed by atoms with van der Waals surface area (Å²) in [6.45, 7) is 1.56. The van der Waals surface area contributed by atoms with Gasteiger partial charge in [0, 0.05) is 6.20 Å². The van der Waals surface area contributed by atoms with Gasteiger partial charge in [0.15, 0.2) is 12.0 Å². The smallest absolute Gasteiger partial charge is 0.412 e. The number of nitrogens with one attached hydrogen (secondary N) is 1. The first-order chi connectivity index (χ1) is 10.4. The summed E-state index contributed by atoms with van der Waals surface area (Å²) < 4.78 is 10.7. The number of rotatable bonds is 2. The Labute approximate surface area is 125 Å². The van der Waals surface area contributed by atoms with E-state index in [1.165, 1.54) is 6.20 Å². The average molecular weight is 309 g/mol. The summed E-state index contributed by atoms with van der Waals surface area (Å²) in [5, 5.41) is 21.8. The maximum Gasteiger partial charge on any atom is 0.412 e. The van der Waals surface area contributed by atoms with Crippen molar-refractivity contribution in [1.82, 2.24) is 9.55 Å². The average Bonchev–Trinajstić information content (AvgIpc) is 2.75. The lowest BCUT2D eigenvalue weighted by Gasteiger charge is -2.18. The number of amides is 1. The Morgan fingerprint density at radius 1 is 1.55 bits per heavy atom. The summed E-state index contributed by atoms with van der Waals surface area (Å²) in [5.74, 6) is 2.12. The van der Waals surface area contributed by atoms with Crippen molar-refractivity contribution in [1.29, 1.82) is 0 Å². The molecule has 1 aliphatic heterocycles. The third-order valence-electron chi connectivity index (χ3n) is 3.26. The molecule has 1 amide bonds. The van der Waals surface area contributed by atoms with Gasteiger partial charge in [0.25, 0.3) is 0 Å². The fraction of sp³-hybridized carbons (Fsp3) is 0.462. The first-order valence-electron chi connectivity index (χ1n) is 6.35. The summed E-state index contributed by atoms with van der Waals surface area (Å²) in [6, 6.07) is 0. The first-order valence-corrected chi connectivity index (χ1v) is 6.35. The third kappa shape index (κ3) is 2.80. The highest BCUT2D eigenvalue weighted by Gasteiger charge is 2.42. The molecule has 4 atom stereocenters. The van der Waals surface area contributed by atoms with E-state index in [2.05, 4.69) is 21.0 Å². The number of terminal acetylenes is 1. The number of carbonyl (C=O) groups excluding carboxylic acids is 1. The minimum Gasteiger partial charge on any atom is -0.453 e. The fourth-order valence-corrected chi connectivity index (χ4v) is 2.06. The molecule has 2 heterocycles. The molecular formula is C13H15N3O6. The number of ether oxygens (including phenoxy) is 2. The van der Waals surface area contributed by atoms with Gasteiger partial charge in [-0.05, 0) is 6.92 Å². The number of nitrogens with zero attached hydrogens (tertiary/aromatic N) is 2. The molecule has 0 saturated carbocycles. The number of anilines is 1. The molecule has 0 aliphatic carbocycles. The largest absolute Gasteiger partial charge is 0.453 e. The van der Waals surface area contributed by atoms with E-state index in [0.717, 1.165) is 11.7 Å². The van der Waals surface area contributed by atoms with Crippen molar-refractivity contribution in [3.8, 4) is 12.3 Å². The fourth-order valence-electron chi connectivity index (χ4n) is 2.06. The van der Waals surface area contributed by atoms with Gasteiger partial charge in [0.2, 0.25) is 0 Å². The lowest BCUT2D eigenvalue weighted by atomic mass is 10.1. The van der Waals surface area contributed by atoms with Crippen LogP contribution in [-0.2, 0) is 9.47 Å². The van der Waals surface area contributed by atoms with Crippen LogP contribution in [0.15, 0.2) is 11.0 Å². The van der Waals surface area contributed by atoms with E-state index in [0.29, 0.717) is 0 Å². The molecule has 0 spiro atoms. The summed E-state index contributed by atoms with van der Waals surface area (Å²) in [6.07, 6.45) is 1.48. The highest BCUT2D eigenvalue weighted by molar-refractivity contribution is 5.84. The maximum atomic E-state index is 12.0. The van der Waals surface area contributed by atoms with Gasteiger partial charge < -0.3 is 19.7 Å². The molecule has 22 heavy (non-hydrogen) atoms. The molecule has 1 aromatic rings. The highest BCUT2D eigenvalue weighted by Crippen LogP contribution is 2.28. The maximum absolute atomic E-state index is 12.0. The number of aromatic nitrogens is 2. The normalized spacial score (nSPS) is 27.2. The van der Waals surface area contributed by atoms with E-state index in [9.17, 15) is 19.8 Å². The molecular weight excluding hydrogens is 294 g/mol. The lowest BCUT2D eigenvalue weighted by Crippen LogP contribution is -2.36. The summed E-state index contributed by atoms with van der Waals surface area (Å²) >= 11 is 0. The molecule has 9 heteroatoms. The number of aliphatic hydroxyl groups is 2. The minimum absolute atomic E-state index is 0.0924. The van der Waals surface area contributed by atoms with Gasteiger partial charge in [-0.1, -0.05) is 5.92 Å². The van der Waals surface area contributed by atoms with Crippen LogP contribution < -0.4 is 11.0 Å². The third-order valence-corrected chi connectivity index (χ3v) is 3.26. The quantitative estimate of drug-likeness (QED) is 0.601. The number of hydrogen-bond acceptors (Lipinski definition) is 7. The van der Waals surface area contributed by atoms with Gasteiger partial charge in [-0.3, -0.25) is 9.88 Å². The Kier molecular flexibility index (Phi) is 4.46. The number of aliphatic hydroxyl groups excluding tert-OH is 2. The lowest BCUT2D eigenvalue weighted by molar-refractivity contribution is -0.0350. The van der Waals surface area contributed by atoms with Gasteiger partial charge in [0.1, 0.15) is 12.2 Å². The molecule has 0 radical (unpaired) electrons. The second-order valence-electron chi connectivity index (χ2n) is 4.67. The molecule has 1 aromatic heterocycles. The van der Waals surface area contributed by atoms with Crippen molar-refractivity contribution in [3.63, 3.8) is 0 Å². The predicted octanol–water partition coefficient (Wildman–Crippen LogP) is -0.958. The van der Waals surface area contributed by atoms with E-state index in [-0.39, 0.29) is 11.4 Å². The number of carbonyl (C=O) groups is 1. The van der Waals surface area contributed by atoms with E-state index in [4.69, 9.17) is 11.2 Å². The van der Waals surface area contributed by atoms with Crippen molar-refractivity contribution in [2.45, 2.75) is 31.5 Å². The molecule has 1 saturated heterocycles. The van der Waals surface area contributed by atoms with Crippen molar-refractivity contribution in [2.24, 2.45) is 0 Å². The van der Waals surface area contributed by atoms with Crippen LogP contribution >= 0.6 is 0 Å². The van der Waals surface area contributed by atoms with Gasteiger partial charge in [0.05, 0.1) is 18.8 Å². The molecule has 0 aromatic carbocycles. The summed E-state index contributed by atoms with van der Waals surface area (Å²) in [4.78, 5) is 26.9. The molecule has 1 fully saturated rings. The van der Waals surface area contributed by atoms with Crippen LogP contribution in [0.3, 0.4) is 0 Å². The first kappa shape index (κ1) is 16.0. The number of methoxy groups -OCH3 is 1. The zero-order valence-electron chi connectivity index (χ0n) is 11.9. The second-order valence-corrected chi connectivity index (χ2v) is 4.67. The van der Waals surface area contributed by atoms with Gasteiger partial charge in [-0.15, -0.1) is 6.42 Å². The molecule has 0 bridgehead atoms. The van der Waals surface area contributed by atoms with E-state index in [1.54, 1.807) is 6.92 Å². The predicted molar refractivity (Wildman–Crippen MR) is 74.1 cm³/mol. The van der Waals surface area contributed by atoms with Crippen LogP contribution in [-0.4, -0.2) is 51.3 Å². The minimum atomic E-state index is -1.31. The van der Waals surface area contributed by atoms with E-state index < -0.39 is 36.3 Å². The van der Waals surface area contributed by atoms with Crippen molar-refractivity contribution < 1.29 is 24.5 Å². The van der Waals surface area contributed by atoms with Gasteiger partial charge >= 0.3 is 11.8 Å². The zero-order chi connectivity index (χ0) is 16.4. The van der Waals surface area contributed by atoms with Crippen molar-refractivity contribution in [3.05, 3.63) is 22.2 Å². The molecule has 118 valence electrons. The van der Waals surface area contributed by atoms with Gasteiger partial charge in [-0.2, -0.15) is 4.98 Å². The van der Waals surface area contributed by atoms with Gasteiger partial charge in [-0.25, -0.2) is 9.59 Å². The van der Waals surface area contributed by atoms with Crippen LogP contribution in [0.5, 0.6) is 0 Å². The van der Waals surface area contributed by atoms with Crippen molar-refractivity contribution in [2.75, 3.05) is 12.4 Å². The molecule has 1 aliphatic rings. The second kappa shape index (κ2) is 6.15.